The van der Waals surface area contributed by atoms with E-state index in [4.69, 9.17) is 21.1 Å². The van der Waals surface area contributed by atoms with Gasteiger partial charge in [0.15, 0.2) is 0 Å². The van der Waals surface area contributed by atoms with Crippen molar-refractivity contribution >= 4 is 11.6 Å². The number of halogens is 1. The molecule has 4 heteroatoms. The van der Waals surface area contributed by atoms with E-state index in [1.807, 2.05) is 19.9 Å². The van der Waals surface area contributed by atoms with Gasteiger partial charge in [0.2, 0.25) is 0 Å². The van der Waals surface area contributed by atoms with Crippen molar-refractivity contribution in [1.29, 1.82) is 0 Å². The lowest BCUT2D eigenvalue weighted by Gasteiger charge is -2.09. The highest BCUT2D eigenvalue weighted by molar-refractivity contribution is 6.29. The molecular weight excluding hydrogens is 214 g/mol. The summed E-state index contributed by atoms with van der Waals surface area (Å²) in [6.07, 6.45) is 0.810. The first-order chi connectivity index (χ1) is 7.27. The van der Waals surface area contributed by atoms with Gasteiger partial charge in [0, 0.05) is 6.61 Å². The maximum atomic E-state index is 5.79. The van der Waals surface area contributed by atoms with E-state index < -0.39 is 0 Å². The van der Waals surface area contributed by atoms with Gasteiger partial charge >= 0.3 is 0 Å². The van der Waals surface area contributed by atoms with Crippen LogP contribution in [-0.4, -0.2) is 24.8 Å². The van der Waals surface area contributed by atoms with E-state index in [1.165, 1.54) is 0 Å². The van der Waals surface area contributed by atoms with Crippen LogP contribution in [0.3, 0.4) is 0 Å². The summed E-state index contributed by atoms with van der Waals surface area (Å²) in [6, 6.07) is 3.58. The number of rotatable bonds is 6. The molecule has 1 heterocycles. The van der Waals surface area contributed by atoms with E-state index in [0.29, 0.717) is 25.0 Å². The Balaban J connectivity index is 2.52. The first-order valence-corrected chi connectivity index (χ1v) is 5.51. The Bertz CT molecular complexity index is 305. The Morgan fingerprint density at radius 3 is 2.73 bits per heavy atom. The molecule has 1 rings (SSSR count). The number of hydrogen-bond donors (Lipinski definition) is 0. The average Bonchev–Trinajstić information content (AvgIpc) is 2.26. The maximum Gasteiger partial charge on any atom is 0.141 e. The summed E-state index contributed by atoms with van der Waals surface area (Å²) in [6.45, 7) is 5.84. The molecular formula is C11H16ClNO2. The second kappa shape index (κ2) is 6.64. The zero-order chi connectivity index (χ0) is 11.1. The molecule has 0 fully saturated rings. The maximum absolute atomic E-state index is 5.79. The average molecular weight is 230 g/mol. The lowest BCUT2D eigenvalue weighted by Crippen LogP contribution is -2.08. The van der Waals surface area contributed by atoms with Crippen LogP contribution in [0.2, 0.25) is 5.15 Å². The van der Waals surface area contributed by atoms with Crippen LogP contribution in [0.5, 0.6) is 5.75 Å². The predicted molar refractivity (Wildman–Crippen MR) is 60.6 cm³/mol. The number of hydrogen-bond acceptors (Lipinski definition) is 3. The molecule has 1 aromatic heterocycles. The van der Waals surface area contributed by atoms with Crippen LogP contribution in [0.15, 0.2) is 12.1 Å². The summed E-state index contributed by atoms with van der Waals surface area (Å²) in [4.78, 5) is 4.19. The van der Waals surface area contributed by atoms with Gasteiger partial charge in [-0.15, -0.1) is 0 Å². The smallest absolute Gasteiger partial charge is 0.141 e. The van der Waals surface area contributed by atoms with Crippen LogP contribution < -0.4 is 4.74 Å². The molecule has 0 aliphatic carbocycles. The van der Waals surface area contributed by atoms with E-state index in [9.17, 15) is 0 Å². The molecule has 0 amide bonds. The van der Waals surface area contributed by atoms with Crippen molar-refractivity contribution in [2.45, 2.75) is 20.3 Å². The highest BCUT2D eigenvalue weighted by Crippen LogP contribution is 2.19. The van der Waals surface area contributed by atoms with Gasteiger partial charge in [0.05, 0.1) is 12.3 Å². The van der Waals surface area contributed by atoms with Crippen molar-refractivity contribution in [2.24, 2.45) is 0 Å². The van der Waals surface area contributed by atoms with E-state index in [2.05, 4.69) is 4.98 Å². The minimum atomic E-state index is 0.504. The van der Waals surface area contributed by atoms with Crippen LogP contribution >= 0.6 is 11.6 Å². The van der Waals surface area contributed by atoms with Gasteiger partial charge in [-0.05, 0) is 25.5 Å². The van der Waals surface area contributed by atoms with E-state index in [0.717, 1.165) is 17.9 Å². The SMILES string of the molecule is CCOCCOc1ccc(Cl)nc1CC. The fraction of sp³-hybridized carbons (Fsp3) is 0.545. The van der Waals surface area contributed by atoms with Crippen molar-refractivity contribution in [1.82, 2.24) is 4.98 Å². The minimum Gasteiger partial charge on any atom is -0.489 e. The second-order valence-electron chi connectivity index (χ2n) is 2.98. The molecule has 0 spiro atoms. The number of nitrogens with zero attached hydrogens (tertiary/aromatic N) is 1. The standard InChI is InChI=1S/C11H16ClNO2/c1-3-9-10(5-6-11(12)13-9)15-8-7-14-4-2/h5-6H,3-4,7-8H2,1-2H3. The van der Waals surface area contributed by atoms with E-state index in [1.54, 1.807) is 6.07 Å². The van der Waals surface area contributed by atoms with Crippen LogP contribution in [-0.2, 0) is 11.2 Å². The summed E-state index contributed by atoms with van der Waals surface area (Å²) >= 11 is 5.79. The van der Waals surface area contributed by atoms with Gasteiger partial charge in [-0.25, -0.2) is 4.98 Å². The minimum absolute atomic E-state index is 0.504. The molecule has 0 radical (unpaired) electrons. The first kappa shape index (κ1) is 12.3. The summed E-state index contributed by atoms with van der Waals surface area (Å²) in [7, 11) is 0. The lowest BCUT2D eigenvalue weighted by molar-refractivity contribution is 0.109. The third-order valence-corrected chi connectivity index (χ3v) is 2.13. The quantitative estimate of drug-likeness (QED) is 0.555. The zero-order valence-electron chi connectivity index (χ0n) is 9.12. The van der Waals surface area contributed by atoms with Gasteiger partial charge in [0.1, 0.15) is 17.5 Å². The van der Waals surface area contributed by atoms with Gasteiger partial charge in [-0.1, -0.05) is 18.5 Å². The molecule has 0 bridgehead atoms. The Kier molecular flexibility index (Phi) is 5.43. The highest BCUT2D eigenvalue weighted by Gasteiger charge is 2.04. The van der Waals surface area contributed by atoms with Crippen LogP contribution in [0.25, 0.3) is 0 Å². The molecule has 0 atom stereocenters. The second-order valence-corrected chi connectivity index (χ2v) is 3.36. The van der Waals surface area contributed by atoms with Crippen LogP contribution in [0.1, 0.15) is 19.5 Å². The number of pyridine rings is 1. The lowest BCUT2D eigenvalue weighted by atomic mass is 10.3. The molecule has 0 saturated carbocycles. The molecule has 0 N–H and O–H groups in total. The fourth-order valence-electron chi connectivity index (χ4n) is 1.20. The van der Waals surface area contributed by atoms with Crippen molar-refractivity contribution in [3.8, 4) is 5.75 Å². The van der Waals surface area contributed by atoms with E-state index in [-0.39, 0.29) is 0 Å². The summed E-state index contributed by atoms with van der Waals surface area (Å²) in [5.74, 6) is 0.793. The number of aryl methyl sites for hydroxylation is 1. The zero-order valence-corrected chi connectivity index (χ0v) is 9.88. The Morgan fingerprint density at radius 1 is 1.27 bits per heavy atom. The molecule has 3 nitrogen and oxygen atoms in total. The van der Waals surface area contributed by atoms with Crippen molar-refractivity contribution in [3.63, 3.8) is 0 Å². The first-order valence-electron chi connectivity index (χ1n) is 5.13. The van der Waals surface area contributed by atoms with Crippen LogP contribution in [0, 0.1) is 0 Å². The molecule has 1 aromatic rings. The summed E-state index contributed by atoms with van der Waals surface area (Å²) in [5.41, 5.74) is 0.888. The van der Waals surface area contributed by atoms with Crippen molar-refractivity contribution in [2.75, 3.05) is 19.8 Å². The molecule has 0 saturated heterocycles. The molecule has 0 unspecified atom stereocenters. The molecule has 0 aliphatic rings. The fourth-order valence-corrected chi connectivity index (χ4v) is 1.37. The van der Waals surface area contributed by atoms with E-state index >= 15 is 0 Å². The third-order valence-electron chi connectivity index (χ3n) is 1.92. The van der Waals surface area contributed by atoms with Gasteiger partial charge in [-0.2, -0.15) is 0 Å². The Morgan fingerprint density at radius 2 is 2.07 bits per heavy atom. The van der Waals surface area contributed by atoms with Crippen LogP contribution in [0.4, 0.5) is 0 Å². The normalized spacial score (nSPS) is 10.3. The van der Waals surface area contributed by atoms with Gasteiger partial charge in [0.25, 0.3) is 0 Å². The van der Waals surface area contributed by atoms with Crippen molar-refractivity contribution < 1.29 is 9.47 Å². The monoisotopic (exact) mass is 229 g/mol. The molecule has 84 valence electrons. The highest BCUT2D eigenvalue weighted by atomic mass is 35.5. The topological polar surface area (TPSA) is 31.4 Å². The van der Waals surface area contributed by atoms with Gasteiger partial charge in [-0.3, -0.25) is 0 Å². The number of ether oxygens (including phenoxy) is 2. The molecule has 0 aliphatic heterocycles. The summed E-state index contributed by atoms with van der Waals surface area (Å²) < 4.78 is 10.7. The third kappa shape index (κ3) is 4.06. The molecule has 0 aromatic carbocycles. The Hall–Kier alpha value is -0.800. The Labute approximate surface area is 95.4 Å². The van der Waals surface area contributed by atoms with Crippen molar-refractivity contribution in [3.05, 3.63) is 23.0 Å². The number of aromatic nitrogens is 1. The summed E-state index contributed by atoms with van der Waals surface area (Å²) in [5, 5.41) is 0.504. The predicted octanol–water partition coefficient (Wildman–Crippen LogP) is 2.71. The molecule has 15 heavy (non-hydrogen) atoms. The largest absolute Gasteiger partial charge is 0.489 e. The van der Waals surface area contributed by atoms with Gasteiger partial charge < -0.3 is 9.47 Å².